The van der Waals surface area contributed by atoms with Crippen molar-refractivity contribution in [2.24, 2.45) is 16.9 Å². The van der Waals surface area contributed by atoms with E-state index in [0.29, 0.717) is 0 Å². The average Bonchev–Trinajstić information content (AvgIpc) is 3.26. The Balaban J connectivity index is 1.58. The van der Waals surface area contributed by atoms with Gasteiger partial charge in [-0.15, -0.1) is 0 Å². The third-order valence-electron chi connectivity index (χ3n) is 5.97. The molecule has 0 saturated carbocycles. The molecule has 4 atom stereocenters. The summed E-state index contributed by atoms with van der Waals surface area (Å²) in [5, 5.41) is 16.8. The molecule has 0 bridgehead atoms. The highest BCUT2D eigenvalue weighted by molar-refractivity contribution is 6.24. The Kier molecular flexibility index (Phi) is 4.43. The maximum atomic E-state index is 13.8. The summed E-state index contributed by atoms with van der Waals surface area (Å²) in [6.07, 6.45) is 4.76. The fraction of sp³-hybridized carbons (Fsp3) is 0.182. The van der Waals surface area contributed by atoms with E-state index in [0.717, 1.165) is 17.0 Å². The number of hydrogen-bond acceptors (Lipinski definition) is 7. The van der Waals surface area contributed by atoms with E-state index in [9.17, 15) is 28.9 Å². The van der Waals surface area contributed by atoms with Gasteiger partial charge >= 0.3 is 0 Å². The number of ketones is 1. The highest BCUT2D eigenvalue weighted by Gasteiger charge is 2.64. The van der Waals surface area contributed by atoms with Gasteiger partial charge in [-0.25, -0.2) is 9.29 Å². The quantitative estimate of drug-likeness (QED) is 0.316. The molecule has 0 spiro atoms. The number of non-ortho nitro benzene ring substituents is 1. The normalized spacial score (nSPS) is 25.8. The lowest BCUT2D eigenvalue weighted by Crippen LogP contribution is -2.46. The Labute approximate surface area is 180 Å². The third-order valence-corrected chi connectivity index (χ3v) is 5.97. The number of Topliss-reactive ketones (excluding diaryl/α,β-unsaturated/α-hetero) is 1. The lowest BCUT2D eigenvalue weighted by molar-refractivity contribution is -0.384. The molecule has 3 aliphatic rings. The summed E-state index contributed by atoms with van der Waals surface area (Å²) >= 11 is 0. The van der Waals surface area contributed by atoms with Gasteiger partial charge in [-0.1, -0.05) is 24.3 Å². The number of benzene rings is 2. The van der Waals surface area contributed by atoms with Crippen molar-refractivity contribution in [3.8, 4) is 0 Å². The molecule has 2 amide bonds. The summed E-state index contributed by atoms with van der Waals surface area (Å²) in [7, 11) is 0. The second kappa shape index (κ2) is 7.19. The van der Waals surface area contributed by atoms with E-state index in [2.05, 4.69) is 5.10 Å². The molecule has 2 saturated heterocycles. The lowest BCUT2D eigenvalue weighted by Gasteiger charge is -2.30. The van der Waals surface area contributed by atoms with Gasteiger partial charge in [-0.3, -0.25) is 29.5 Å². The predicted octanol–water partition coefficient (Wildman–Crippen LogP) is 2.33. The number of carbonyl (C=O) groups excluding carboxylic acids is 3. The van der Waals surface area contributed by atoms with Crippen molar-refractivity contribution in [3.05, 3.63) is 82.2 Å². The van der Waals surface area contributed by atoms with Crippen LogP contribution in [0.3, 0.4) is 0 Å². The SMILES string of the molecule is O=C(c1cccc([N+](=O)[O-])c1)[C@@H]1[C@@H]2C(=O)N(c3cccc(F)c3)C(=O)[C@H]2[C@@H]2C=CC=NN12. The minimum atomic E-state index is -1.14. The van der Waals surface area contributed by atoms with E-state index in [4.69, 9.17) is 0 Å². The molecule has 2 aromatic rings. The van der Waals surface area contributed by atoms with Crippen molar-refractivity contribution >= 4 is 35.2 Å². The van der Waals surface area contributed by atoms with Crippen molar-refractivity contribution in [2.45, 2.75) is 12.1 Å². The van der Waals surface area contributed by atoms with E-state index >= 15 is 0 Å². The molecule has 32 heavy (non-hydrogen) atoms. The molecule has 10 heteroatoms. The van der Waals surface area contributed by atoms with Gasteiger partial charge in [0.1, 0.15) is 11.9 Å². The van der Waals surface area contributed by atoms with Gasteiger partial charge in [0.2, 0.25) is 11.8 Å². The zero-order chi connectivity index (χ0) is 22.6. The van der Waals surface area contributed by atoms with Gasteiger partial charge in [0, 0.05) is 23.9 Å². The molecule has 5 rings (SSSR count). The van der Waals surface area contributed by atoms with Gasteiger partial charge in [-0.05, 0) is 24.3 Å². The molecule has 9 nitrogen and oxygen atoms in total. The number of amides is 2. The van der Waals surface area contributed by atoms with Crippen molar-refractivity contribution in [1.29, 1.82) is 0 Å². The van der Waals surface area contributed by atoms with E-state index in [1.165, 1.54) is 47.6 Å². The smallest absolute Gasteiger partial charge is 0.270 e. The van der Waals surface area contributed by atoms with Crippen LogP contribution < -0.4 is 4.90 Å². The molecule has 2 fully saturated rings. The number of imide groups is 1. The van der Waals surface area contributed by atoms with Gasteiger partial charge in [0.05, 0.1) is 28.5 Å². The zero-order valence-electron chi connectivity index (χ0n) is 16.4. The first kappa shape index (κ1) is 19.7. The molecule has 2 aromatic carbocycles. The molecule has 3 heterocycles. The van der Waals surface area contributed by atoms with Crippen LogP contribution in [0.15, 0.2) is 65.8 Å². The van der Waals surface area contributed by atoms with Crippen LogP contribution in [0.2, 0.25) is 0 Å². The first-order valence-corrected chi connectivity index (χ1v) is 9.79. The van der Waals surface area contributed by atoms with Crippen LogP contribution in [0.5, 0.6) is 0 Å². The van der Waals surface area contributed by atoms with E-state index in [1.807, 2.05) is 0 Å². The highest BCUT2D eigenvalue weighted by Crippen LogP contribution is 2.46. The number of hydrogen-bond donors (Lipinski definition) is 0. The first-order chi connectivity index (χ1) is 15.4. The molecule has 0 aromatic heterocycles. The van der Waals surface area contributed by atoms with Gasteiger partial charge < -0.3 is 0 Å². The Bertz CT molecular complexity index is 1240. The van der Waals surface area contributed by atoms with Gasteiger partial charge in [0.15, 0.2) is 5.78 Å². The second-order valence-corrected chi connectivity index (χ2v) is 7.68. The number of nitro groups is 1. The topological polar surface area (TPSA) is 113 Å². The molecular weight excluding hydrogens is 419 g/mol. The minimum absolute atomic E-state index is 0.0396. The van der Waals surface area contributed by atoms with E-state index in [1.54, 1.807) is 12.2 Å². The summed E-state index contributed by atoms with van der Waals surface area (Å²) in [4.78, 5) is 51.6. The Morgan fingerprint density at radius 3 is 2.56 bits per heavy atom. The maximum absolute atomic E-state index is 13.8. The van der Waals surface area contributed by atoms with Crippen molar-refractivity contribution in [1.82, 2.24) is 5.01 Å². The maximum Gasteiger partial charge on any atom is 0.270 e. The monoisotopic (exact) mass is 434 g/mol. The van der Waals surface area contributed by atoms with Crippen molar-refractivity contribution in [2.75, 3.05) is 4.90 Å². The van der Waals surface area contributed by atoms with E-state index in [-0.39, 0.29) is 16.9 Å². The standard InChI is InChI=1S/C22H15FN4O5/c23-13-5-2-6-14(11-13)25-21(29)17-16-8-3-9-24-26(16)19(18(17)22(25)30)20(28)12-4-1-7-15(10-12)27(31)32/h1-11,16-19H/t16-,17-,18+,19-/m0/s1. The van der Waals surface area contributed by atoms with Crippen LogP contribution in [-0.4, -0.2) is 45.8 Å². The molecule has 0 aliphatic carbocycles. The molecule has 160 valence electrons. The molecule has 0 radical (unpaired) electrons. The van der Waals surface area contributed by atoms with Crippen molar-refractivity contribution < 1.29 is 23.7 Å². The number of fused-ring (bicyclic) bond motifs is 3. The zero-order valence-corrected chi connectivity index (χ0v) is 16.4. The molecule has 3 aliphatic heterocycles. The van der Waals surface area contributed by atoms with Crippen LogP contribution in [0.4, 0.5) is 15.8 Å². The number of hydrazone groups is 1. The number of nitrogens with zero attached hydrogens (tertiary/aromatic N) is 4. The minimum Gasteiger partial charge on any atom is -0.292 e. The third kappa shape index (κ3) is 2.83. The lowest BCUT2D eigenvalue weighted by atomic mass is 9.86. The number of anilines is 1. The molecular formula is C22H15FN4O5. The number of allylic oxidation sites excluding steroid dienone is 1. The van der Waals surface area contributed by atoms with Crippen LogP contribution in [0, 0.1) is 27.8 Å². The molecule has 0 unspecified atom stereocenters. The van der Waals surface area contributed by atoms with E-state index < -0.39 is 52.3 Å². The number of halogens is 1. The summed E-state index contributed by atoms with van der Waals surface area (Å²) in [5.74, 6) is -4.30. The average molecular weight is 434 g/mol. The fourth-order valence-electron chi connectivity index (χ4n) is 4.65. The number of nitro benzene ring substituents is 1. The van der Waals surface area contributed by atoms with Crippen LogP contribution in [-0.2, 0) is 9.59 Å². The predicted molar refractivity (Wildman–Crippen MR) is 110 cm³/mol. The summed E-state index contributed by atoms with van der Waals surface area (Å²) in [5.41, 5.74) is -0.136. The summed E-state index contributed by atoms with van der Waals surface area (Å²) < 4.78 is 13.8. The van der Waals surface area contributed by atoms with Crippen LogP contribution in [0.25, 0.3) is 0 Å². The van der Waals surface area contributed by atoms with Gasteiger partial charge in [-0.2, -0.15) is 5.10 Å². The Hall–Kier alpha value is -4.21. The fourth-order valence-corrected chi connectivity index (χ4v) is 4.65. The summed E-state index contributed by atoms with van der Waals surface area (Å²) in [6.45, 7) is 0. The van der Waals surface area contributed by atoms with Gasteiger partial charge in [0.25, 0.3) is 5.69 Å². The number of carbonyl (C=O) groups is 3. The Morgan fingerprint density at radius 2 is 1.81 bits per heavy atom. The largest absolute Gasteiger partial charge is 0.292 e. The Morgan fingerprint density at radius 1 is 1.06 bits per heavy atom. The second-order valence-electron chi connectivity index (χ2n) is 7.68. The first-order valence-electron chi connectivity index (χ1n) is 9.79. The molecule has 0 N–H and O–H groups in total. The van der Waals surface area contributed by atoms with Crippen molar-refractivity contribution in [3.63, 3.8) is 0 Å². The summed E-state index contributed by atoms with van der Waals surface area (Å²) in [6, 6.07) is 8.55. The van der Waals surface area contributed by atoms with Crippen LogP contribution in [0.1, 0.15) is 10.4 Å². The highest BCUT2D eigenvalue weighted by atomic mass is 19.1. The van der Waals surface area contributed by atoms with Crippen LogP contribution >= 0.6 is 0 Å². The number of rotatable bonds is 4.